The second-order valence-electron chi connectivity index (χ2n) is 5.14. The van der Waals surface area contributed by atoms with Crippen molar-refractivity contribution in [2.75, 3.05) is 31.1 Å². The fourth-order valence-corrected chi connectivity index (χ4v) is 2.62. The Morgan fingerprint density at radius 3 is 2.59 bits per heavy atom. The Kier molecular flexibility index (Phi) is 3.79. The maximum absolute atomic E-state index is 14.0. The number of aromatic nitrogens is 1. The summed E-state index contributed by atoms with van der Waals surface area (Å²) < 4.78 is 14.0. The first-order valence-electron chi connectivity index (χ1n) is 7.06. The van der Waals surface area contributed by atoms with Crippen LogP contribution in [0.25, 0.3) is 0 Å². The van der Waals surface area contributed by atoms with Gasteiger partial charge in [-0.2, -0.15) is 5.26 Å². The van der Waals surface area contributed by atoms with Gasteiger partial charge >= 0.3 is 0 Å². The van der Waals surface area contributed by atoms with Crippen molar-refractivity contribution in [3.05, 3.63) is 53.6 Å². The molecule has 2 aromatic rings. The highest BCUT2D eigenvalue weighted by Gasteiger charge is 2.24. The molecule has 1 fully saturated rings. The Morgan fingerprint density at radius 1 is 1.23 bits per heavy atom. The number of hydrogen-bond donors (Lipinski definition) is 1. The molecule has 2 heterocycles. The van der Waals surface area contributed by atoms with Crippen LogP contribution in [0.4, 0.5) is 10.1 Å². The average Bonchev–Trinajstić information content (AvgIpc) is 3.08. The summed E-state index contributed by atoms with van der Waals surface area (Å²) in [6.45, 7) is 2.21. The number of H-pyrrole nitrogens is 1. The lowest BCUT2D eigenvalue weighted by Crippen LogP contribution is -2.49. The molecular weight excluding hydrogens is 283 g/mol. The van der Waals surface area contributed by atoms with Crippen molar-refractivity contribution in [1.82, 2.24) is 9.88 Å². The molecule has 3 rings (SSSR count). The normalized spacial score (nSPS) is 14.7. The van der Waals surface area contributed by atoms with E-state index in [2.05, 4.69) is 4.98 Å². The van der Waals surface area contributed by atoms with Gasteiger partial charge in [0.2, 0.25) is 0 Å². The maximum atomic E-state index is 14.0. The van der Waals surface area contributed by atoms with Gasteiger partial charge in [-0.1, -0.05) is 0 Å². The SMILES string of the molecule is N#Cc1ccc(N2CCN(C(=O)c3ccc[nH]3)CC2)c(F)c1. The summed E-state index contributed by atoms with van der Waals surface area (Å²) in [4.78, 5) is 18.8. The molecule has 0 atom stereocenters. The van der Waals surface area contributed by atoms with Gasteiger partial charge in [0.05, 0.1) is 17.3 Å². The number of anilines is 1. The molecular formula is C16H15FN4O. The van der Waals surface area contributed by atoms with Gasteiger partial charge < -0.3 is 14.8 Å². The number of nitrogens with zero attached hydrogens (tertiary/aromatic N) is 3. The number of aromatic amines is 1. The van der Waals surface area contributed by atoms with E-state index >= 15 is 0 Å². The van der Waals surface area contributed by atoms with Crippen molar-refractivity contribution in [3.8, 4) is 6.07 Å². The third kappa shape index (κ3) is 2.66. The summed E-state index contributed by atoms with van der Waals surface area (Å²) in [5.41, 5.74) is 1.35. The Morgan fingerprint density at radius 2 is 2.00 bits per heavy atom. The highest BCUT2D eigenvalue weighted by Crippen LogP contribution is 2.22. The number of nitriles is 1. The summed E-state index contributed by atoms with van der Waals surface area (Å²) in [7, 11) is 0. The number of halogens is 1. The fourth-order valence-electron chi connectivity index (χ4n) is 2.62. The lowest BCUT2D eigenvalue weighted by molar-refractivity contribution is 0.0741. The first kappa shape index (κ1) is 14.1. The molecule has 0 spiro atoms. The van der Waals surface area contributed by atoms with E-state index in [1.54, 1.807) is 35.4 Å². The van der Waals surface area contributed by atoms with Gasteiger partial charge in [-0.3, -0.25) is 4.79 Å². The van der Waals surface area contributed by atoms with Gasteiger partial charge in [0.1, 0.15) is 11.5 Å². The van der Waals surface area contributed by atoms with Crippen LogP contribution in [0.3, 0.4) is 0 Å². The summed E-state index contributed by atoms with van der Waals surface area (Å²) >= 11 is 0. The third-order valence-corrected chi connectivity index (χ3v) is 3.81. The predicted octanol–water partition coefficient (Wildman–Crippen LogP) is 1.99. The summed E-state index contributed by atoms with van der Waals surface area (Å²) in [6.07, 6.45) is 1.72. The molecule has 0 bridgehead atoms. The zero-order valence-corrected chi connectivity index (χ0v) is 11.9. The van der Waals surface area contributed by atoms with Crippen molar-refractivity contribution in [3.63, 3.8) is 0 Å². The molecule has 1 aliphatic heterocycles. The number of carbonyl (C=O) groups is 1. The highest BCUT2D eigenvalue weighted by molar-refractivity contribution is 5.92. The lowest BCUT2D eigenvalue weighted by Gasteiger charge is -2.36. The van der Waals surface area contributed by atoms with Gasteiger partial charge in [-0.15, -0.1) is 0 Å². The van der Waals surface area contributed by atoms with Crippen LogP contribution in [0, 0.1) is 17.1 Å². The van der Waals surface area contributed by atoms with Crippen LogP contribution < -0.4 is 4.90 Å². The van der Waals surface area contributed by atoms with Crippen LogP contribution in [0.1, 0.15) is 16.1 Å². The summed E-state index contributed by atoms with van der Waals surface area (Å²) in [5, 5.41) is 8.77. The minimum Gasteiger partial charge on any atom is -0.366 e. The minimum absolute atomic E-state index is 0.0371. The molecule has 112 valence electrons. The van der Waals surface area contributed by atoms with Crippen molar-refractivity contribution < 1.29 is 9.18 Å². The number of hydrogen-bond acceptors (Lipinski definition) is 3. The van der Waals surface area contributed by atoms with E-state index in [0.29, 0.717) is 43.1 Å². The van der Waals surface area contributed by atoms with E-state index in [9.17, 15) is 9.18 Å². The molecule has 0 unspecified atom stereocenters. The van der Waals surface area contributed by atoms with E-state index in [1.807, 2.05) is 11.0 Å². The molecule has 1 amide bonds. The average molecular weight is 298 g/mol. The number of piperazine rings is 1. The molecule has 1 saturated heterocycles. The molecule has 1 N–H and O–H groups in total. The standard InChI is InChI=1S/C16H15FN4O/c17-13-10-12(11-18)3-4-15(13)20-6-8-21(9-7-20)16(22)14-2-1-5-19-14/h1-5,10,19H,6-9H2. The number of rotatable bonds is 2. The highest BCUT2D eigenvalue weighted by atomic mass is 19.1. The quantitative estimate of drug-likeness (QED) is 0.922. The van der Waals surface area contributed by atoms with Crippen LogP contribution in [-0.4, -0.2) is 42.0 Å². The molecule has 1 aromatic carbocycles. The predicted molar refractivity (Wildman–Crippen MR) is 80.0 cm³/mol. The summed E-state index contributed by atoms with van der Waals surface area (Å²) in [5.74, 6) is -0.437. The first-order chi connectivity index (χ1) is 10.7. The Labute approximate surface area is 127 Å². The van der Waals surface area contributed by atoms with Crippen LogP contribution in [0.15, 0.2) is 36.5 Å². The fraction of sp³-hybridized carbons (Fsp3) is 0.250. The van der Waals surface area contributed by atoms with Crippen molar-refractivity contribution in [2.24, 2.45) is 0 Å². The monoisotopic (exact) mass is 298 g/mol. The molecule has 5 nitrogen and oxygen atoms in total. The molecule has 6 heteroatoms. The first-order valence-corrected chi connectivity index (χ1v) is 7.06. The van der Waals surface area contributed by atoms with Gasteiger partial charge in [-0.25, -0.2) is 4.39 Å². The van der Waals surface area contributed by atoms with Crippen molar-refractivity contribution in [1.29, 1.82) is 5.26 Å². The minimum atomic E-state index is -0.400. The van der Waals surface area contributed by atoms with E-state index in [0.717, 1.165) is 0 Å². The van der Waals surface area contributed by atoms with Gasteiger partial charge in [0, 0.05) is 32.4 Å². The van der Waals surface area contributed by atoms with Crippen LogP contribution in [0.2, 0.25) is 0 Å². The lowest BCUT2D eigenvalue weighted by atomic mass is 10.1. The Bertz CT molecular complexity index is 712. The molecule has 0 radical (unpaired) electrons. The number of nitrogens with one attached hydrogen (secondary N) is 1. The maximum Gasteiger partial charge on any atom is 0.270 e. The van der Waals surface area contributed by atoms with E-state index in [-0.39, 0.29) is 5.91 Å². The van der Waals surface area contributed by atoms with Crippen LogP contribution >= 0.6 is 0 Å². The van der Waals surface area contributed by atoms with Crippen LogP contribution in [0.5, 0.6) is 0 Å². The largest absolute Gasteiger partial charge is 0.366 e. The molecule has 22 heavy (non-hydrogen) atoms. The van der Waals surface area contributed by atoms with Gasteiger partial charge in [-0.05, 0) is 30.3 Å². The zero-order valence-electron chi connectivity index (χ0n) is 11.9. The van der Waals surface area contributed by atoms with E-state index < -0.39 is 5.82 Å². The molecule has 1 aliphatic rings. The van der Waals surface area contributed by atoms with Crippen molar-refractivity contribution >= 4 is 11.6 Å². The number of benzene rings is 1. The second-order valence-corrected chi connectivity index (χ2v) is 5.14. The number of carbonyl (C=O) groups excluding carboxylic acids is 1. The van der Waals surface area contributed by atoms with E-state index in [1.165, 1.54) is 6.07 Å². The topological polar surface area (TPSA) is 63.1 Å². The second kappa shape index (κ2) is 5.90. The Hall–Kier alpha value is -2.81. The van der Waals surface area contributed by atoms with Gasteiger partial charge in [0.15, 0.2) is 0 Å². The molecule has 0 aliphatic carbocycles. The molecule has 1 aromatic heterocycles. The smallest absolute Gasteiger partial charge is 0.270 e. The Balaban J connectivity index is 1.67. The van der Waals surface area contributed by atoms with E-state index in [4.69, 9.17) is 5.26 Å². The van der Waals surface area contributed by atoms with Crippen molar-refractivity contribution in [2.45, 2.75) is 0 Å². The van der Waals surface area contributed by atoms with Gasteiger partial charge in [0.25, 0.3) is 5.91 Å². The zero-order chi connectivity index (χ0) is 15.5. The third-order valence-electron chi connectivity index (χ3n) is 3.81. The number of amides is 1. The summed E-state index contributed by atoms with van der Waals surface area (Å²) in [6, 6.07) is 9.92. The van der Waals surface area contributed by atoms with Crippen LogP contribution in [-0.2, 0) is 0 Å². The molecule has 0 saturated carbocycles.